The van der Waals surface area contributed by atoms with E-state index in [-0.39, 0.29) is 23.0 Å². The molecular formula is C33H32F2N4O4. The van der Waals surface area contributed by atoms with Gasteiger partial charge in [-0.05, 0) is 104 Å². The molecule has 0 spiro atoms. The number of hydrogen-bond donors (Lipinski definition) is 4. The zero-order valence-electron chi connectivity index (χ0n) is 23.6. The number of aromatic nitrogens is 2. The molecule has 2 aromatic heterocycles. The van der Waals surface area contributed by atoms with Crippen molar-refractivity contribution in [2.75, 3.05) is 10.6 Å². The van der Waals surface area contributed by atoms with Crippen LogP contribution in [0, 0.1) is 18.6 Å². The lowest BCUT2D eigenvalue weighted by atomic mass is 10.00. The fourth-order valence-corrected chi connectivity index (χ4v) is 4.58. The van der Waals surface area contributed by atoms with Crippen LogP contribution in [0.3, 0.4) is 0 Å². The maximum Gasteiger partial charge on any atom is 0.356 e. The summed E-state index contributed by atoms with van der Waals surface area (Å²) in [6.07, 6.45) is 8.57. The van der Waals surface area contributed by atoms with Gasteiger partial charge in [0.25, 0.3) is 0 Å². The molecule has 222 valence electrons. The minimum atomic E-state index is -1.04. The molecule has 2 heterocycles. The lowest BCUT2D eigenvalue weighted by Crippen LogP contribution is -2.13. The van der Waals surface area contributed by atoms with Crippen molar-refractivity contribution < 1.29 is 28.6 Å². The van der Waals surface area contributed by atoms with Crippen LogP contribution in [0.4, 0.5) is 20.2 Å². The van der Waals surface area contributed by atoms with E-state index in [0.717, 1.165) is 53.5 Å². The van der Waals surface area contributed by atoms with Crippen molar-refractivity contribution in [1.82, 2.24) is 9.97 Å². The van der Waals surface area contributed by atoms with Crippen molar-refractivity contribution in [2.24, 2.45) is 0 Å². The van der Waals surface area contributed by atoms with E-state index in [4.69, 9.17) is 5.11 Å². The summed E-state index contributed by atoms with van der Waals surface area (Å²) < 4.78 is 25.9. The summed E-state index contributed by atoms with van der Waals surface area (Å²) in [5.74, 6) is -2.60. The van der Waals surface area contributed by atoms with Crippen molar-refractivity contribution in [1.29, 1.82) is 0 Å². The zero-order valence-corrected chi connectivity index (χ0v) is 23.6. The minimum absolute atomic E-state index is 0.0461. The second-order valence-corrected chi connectivity index (χ2v) is 10.9. The number of carbonyl (C=O) groups is 2. The second-order valence-electron chi connectivity index (χ2n) is 10.9. The molecule has 2 aromatic carbocycles. The standard InChI is InChI=1S/C17H17FN2O2.C16H15FN2O2/c1-10-12(8-11-2-4-13(18)5-3-11)9-19-16(17(21)22)15(10)20-14-6-7-14;17-12-3-1-10(2-4-12)7-11-8-14(19-13-5-6-13)15(16(20)21)18-9-11/h2-5,9,14,20H,6-8H2,1H3,(H,21,22);1-4,8-9,13,19H,5-7H2,(H,20,21). The number of halogens is 2. The maximum absolute atomic E-state index is 13.0. The molecular weight excluding hydrogens is 554 g/mol. The van der Waals surface area contributed by atoms with Gasteiger partial charge in [0.1, 0.15) is 11.6 Å². The molecule has 10 heteroatoms. The number of nitrogens with one attached hydrogen (secondary N) is 2. The molecule has 8 nitrogen and oxygen atoms in total. The van der Waals surface area contributed by atoms with Crippen LogP contribution in [0.2, 0.25) is 0 Å². The van der Waals surface area contributed by atoms with Crippen molar-refractivity contribution in [3.8, 4) is 0 Å². The molecule has 4 N–H and O–H groups in total. The number of benzene rings is 2. The molecule has 0 atom stereocenters. The van der Waals surface area contributed by atoms with Gasteiger partial charge in [0, 0.05) is 24.5 Å². The van der Waals surface area contributed by atoms with E-state index in [1.807, 2.05) is 13.0 Å². The average molecular weight is 587 g/mol. The number of rotatable bonds is 10. The first-order valence-electron chi connectivity index (χ1n) is 14.1. The predicted octanol–water partition coefficient (Wildman–Crippen LogP) is 6.48. The first-order valence-corrected chi connectivity index (χ1v) is 14.1. The molecule has 2 saturated carbocycles. The number of carboxylic acid groups (broad SMARTS) is 2. The Morgan fingerprint density at radius 2 is 1.26 bits per heavy atom. The minimum Gasteiger partial charge on any atom is -0.476 e. The molecule has 0 aliphatic heterocycles. The molecule has 0 unspecified atom stereocenters. The van der Waals surface area contributed by atoms with Gasteiger partial charge in [-0.25, -0.2) is 28.3 Å². The summed E-state index contributed by atoms with van der Waals surface area (Å²) in [7, 11) is 0. The highest BCUT2D eigenvalue weighted by molar-refractivity contribution is 5.93. The monoisotopic (exact) mass is 586 g/mol. The molecule has 6 rings (SSSR count). The quantitative estimate of drug-likeness (QED) is 0.167. The Balaban J connectivity index is 0.000000171. The Hall–Kier alpha value is -4.86. The molecule has 2 aliphatic carbocycles. The number of carboxylic acids is 2. The smallest absolute Gasteiger partial charge is 0.356 e. The molecule has 0 saturated heterocycles. The topological polar surface area (TPSA) is 124 Å². The van der Waals surface area contributed by atoms with Gasteiger partial charge in [-0.15, -0.1) is 0 Å². The summed E-state index contributed by atoms with van der Waals surface area (Å²) in [6.45, 7) is 1.90. The largest absolute Gasteiger partial charge is 0.476 e. The first kappa shape index (κ1) is 29.6. The normalized spacial score (nSPS) is 13.9. The number of anilines is 2. The molecule has 43 heavy (non-hydrogen) atoms. The van der Waals surface area contributed by atoms with Gasteiger partial charge in [-0.2, -0.15) is 0 Å². The van der Waals surface area contributed by atoms with Crippen LogP contribution in [0.25, 0.3) is 0 Å². The van der Waals surface area contributed by atoms with Crippen LogP contribution in [0.1, 0.15) is 74.5 Å². The van der Waals surface area contributed by atoms with E-state index in [2.05, 4.69) is 20.6 Å². The van der Waals surface area contributed by atoms with Gasteiger partial charge in [0.15, 0.2) is 11.4 Å². The first-order chi connectivity index (χ1) is 20.7. The highest BCUT2D eigenvalue weighted by Crippen LogP contribution is 2.31. The van der Waals surface area contributed by atoms with Crippen molar-refractivity contribution in [2.45, 2.75) is 57.5 Å². The van der Waals surface area contributed by atoms with E-state index in [9.17, 15) is 23.5 Å². The van der Waals surface area contributed by atoms with Gasteiger partial charge < -0.3 is 20.8 Å². The Kier molecular flexibility index (Phi) is 8.94. The van der Waals surface area contributed by atoms with Crippen molar-refractivity contribution in [3.05, 3.63) is 118 Å². The van der Waals surface area contributed by atoms with Crippen LogP contribution < -0.4 is 10.6 Å². The van der Waals surface area contributed by atoms with Crippen molar-refractivity contribution in [3.63, 3.8) is 0 Å². The van der Waals surface area contributed by atoms with E-state index in [1.165, 1.54) is 24.3 Å². The number of nitrogens with zero attached hydrogens (tertiary/aromatic N) is 2. The van der Waals surface area contributed by atoms with Crippen LogP contribution >= 0.6 is 0 Å². The SMILES string of the molecule is Cc1c(Cc2ccc(F)cc2)cnc(C(=O)O)c1NC1CC1.O=C(O)c1ncc(Cc2ccc(F)cc2)cc1NC1CC1. The summed E-state index contributed by atoms with van der Waals surface area (Å²) in [4.78, 5) is 30.7. The van der Waals surface area contributed by atoms with Gasteiger partial charge in [-0.3, -0.25) is 0 Å². The van der Waals surface area contributed by atoms with Gasteiger partial charge >= 0.3 is 11.9 Å². The summed E-state index contributed by atoms with van der Waals surface area (Å²) in [5.41, 5.74) is 5.93. The molecule has 4 aromatic rings. The van der Waals surface area contributed by atoms with Crippen LogP contribution in [0.15, 0.2) is 67.0 Å². The Bertz CT molecular complexity index is 1620. The van der Waals surface area contributed by atoms with Crippen LogP contribution in [-0.2, 0) is 12.8 Å². The maximum atomic E-state index is 13.0. The fraction of sp³-hybridized carbons (Fsp3) is 0.273. The number of pyridine rings is 2. The highest BCUT2D eigenvalue weighted by atomic mass is 19.1. The lowest BCUT2D eigenvalue weighted by molar-refractivity contribution is 0.0680. The second kappa shape index (κ2) is 13.0. The average Bonchev–Trinajstić information content (AvgIpc) is 3.91. The van der Waals surface area contributed by atoms with E-state index >= 15 is 0 Å². The van der Waals surface area contributed by atoms with Gasteiger partial charge in [0.2, 0.25) is 0 Å². The van der Waals surface area contributed by atoms with E-state index in [1.54, 1.807) is 36.7 Å². The summed E-state index contributed by atoms with van der Waals surface area (Å²) in [5, 5.41) is 24.9. The third-order valence-electron chi connectivity index (χ3n) is 7.28. The summed E-state index contributed by atoms with van der Waals surface area (Å²) in [6, 6.07) is 15.1. The number of hydrogen-bond acceptors (Lipinski definition) is 6. The van der Waals surface area contributed by atoms with Gasteiger partial charge in [0.05, 0.1) is 11.4 Å². The van der Waals surface area contributed by atoms with Crippen LogP contribution in [0.5, 0.6) is 0 Å². The van der Waals surface area contributed by atoms with Gasteiger partial charge in [-0.1, -0.05) is 24.3 Å². The van der Waals surface area contributed by atoms with E-state index in [0.29, 0.717) is 36.3 Å². The van der Waals surface area contributed by atoms with Crippen LogP contribution in [-0.4, -0.2) is 44.2 Å². The highest BCUT2D eigenvalue weighted by Gasteiger charge is 2.26. The number of aromatic carboxylic acids is 2. The third-order valence-corrected chi connectivity index (χ3v) is 7.28. The Morgan fingerprint density at radius 1 is 0.744 bits per heavy atom. The molecule has 2 aliphatic rings. The zero-order chi connectivity index (χ0) is 30.5. The molecule has 0 radical (unpaired) electrons. The molecule has 0 amide bonds. The Morgan fingerprint density at radius 3 is 1.79 bits per heavy atom. The van der Waals surface area contributed by atoms with Crippen molar-refractivity contribution >= 4 is 23.3 Å². The molecule has 0 bridgehead atoms. The van der Waals surface area contributed by atoms with E-state index < -0.39 is 11.9 Å². The predicted molar refractivity (Wildman–Crippen MR) is 159 cm³/mol. The third kappa shape index (κ3) is 8.12. The fourth-order valence-electron chi connectivity index (χ4n) is 4.58. The lowest BCUT2D eigenvalue weighted by Gasteiger charge is -2.15. The summed E-state index contributed by atoms with van der Waals surface area (Å²) >= 11 is 0. The molecule has 2 fully saturated rings. The Labute approximate surface area is 247 Å².